The van der Waals surface area contributed by atoms with E-state index >= 15 is 0 Å². The van der Waals surface area contributed by atoms with Crippen LogP contribution in [0.2, 0.25) is 0 Å². The zero-order valence-corrected chi connectivity index (χ0v) is 10.4. The Kier molecular flexibility index (Phi) is 4.28. The molecule has 0 spiro atoms. The summed E-state index contributed by atoms with van der Waals surface area (Å²) in [5.74, 6) is 0.372. The monoisotopic (exact) mass is 248 g/mol. The predicted octanol–water partition coefficient (Wildman–Crippen LogP) is 1.60. The Bertz CT molecular complexity index is 448. The van der Waals surface area contributed by atoms with Crippen LogP contribution in [0.25, 0.3) is 0 Å². The standard InChI is InChI=1S/C13H17FN4/c1-15-13(18-10-5-2-3-6-10)17-9-12-11(14)7-4-8-16-12/h2-4,7-8,10H,5-6,9H2,1H3,(H2,15,17,18). The van der Waals surface area contributed by atoms with E-state index in [0.717, 1.165) is 12.8 Å². The number of hydrogen-bond acceptors (Lipinski definition) is 2. The summed E-state index contributed by atoms with van der Waals surface area (Å²) in [6.07, 6.45) is 7.86. The molecule has 0 unspecified atom stereocenters. The Morgan fingerprint density at radius 3 is 2.94 bits per heavy atom. The molecule has 0 radical (unpaired) electrons. The van der Waals surface area contributed by atoms with E-state index in [-0.39, 0.29) is 5.82 Å². The summed E-state index contributed by atoms with van der Waals surface area (Å²) in [6, 6.07) is 3.36. The van der Waals surface area contributed by atoms with Gasteiger partial charge in [0.05, 0.1) is 12.2 Å². The second kappa shape index (κ2) is 6.14. The third-order valence-corrected chi connectivity index (χ3v) is 2.83. The minimum atomic E-state index is -0.303. The summed E-state index contributed by atoms with van der Waals surface area (Å²) in [4.78, 5) is 8.10. The molecule has 0 bridgehead atoms. The van der Waals surface area contributed by atoms with Crippen molar-refractivity contribution in [3.8, 4) is 0 Å². The van der Waals surface area contributed by atoms with Crippen LogP contribution >= 0.6 is 0 Å². The van der Waals surface area contributed by atoms with Crippen molar-refractivity contribution >= 4 is 5.96 Å². The molecule has 0 saturated carbocycles. The Labute approximate surface area is 106 Å². The first kappa shape index (κ1) is 12.5. The fourth-order valence-electron chi connectivity index (χ4n) is 1.84. The lowest BCUT2D eigenvalue weighted by Crippen LogP contribution is -2.42. The van der Waals surface area contributed by atoms with Crippen molar-refractivity contribution in [2.75, 3.05) is 7.05 Å². The molecule has 0 amide bonds. The molecule has 18 heavy (non-hydrogen) atoms. The summed E-state index contributed by atoms with van der Waals surface area (Å²) in [7, 11) is 1.70. The average molecular weight is 248 g/mol. The van der Waals surface area contributed by atoms with Crippen molar-refractivity contribution in [1.29, 1.82) is 0 Å². The van der Waals surface area contributed by atoms with Gasteiger partial charge in [-0.15, -0.1) is 0 Å². The number of aliphatic imine (C=N–C) groups is 1. The first-order valence-electron chi connectivity index (χ1n) is 6.01. The van der Waals surface area contributed by atoms with Crippen LogP contribution in [0.1, 0.15) is 18.5 Å². The molecule has 1 heterocycles. The number of aromatic nitrogens is 1. The van der Waals surface area contributed by atoms with E-state index in [1.165, 1.54) is 6.07 Å². The van der Waals surface area contributed by atoms with E-state index in [1.54, 1.807) is 19.3 Å². The molecule has 0 aliphatic heterocycles. The highest BCUT2D eigenvalue weighted by atomic mass is 19.1. The van der Waals surface area contributed by atoms with Crippen LogP contribution in [0.5, 0.6) is 0 Å². The minimum absolute atomic E-state index is 0.303. The van der Waals surface area contributed by atoms with Crippen LogP contribution in [-0.4, -0.2) is 24.0 Å². The third-order valence-electron chi connectivity index (χ3n) is 2.83. The Morgan fingerprint density at radius 2 is 2.28 bits per heavy atom. The molecule has 2 rings (SSSR count). The predicted molar refractivity (Wildman–Crippen MR) is 69.7 cm³/mol. The lowest BCUT2D eigenvalue weighted by Gasteiger charge is -2.16. The molecule has 0 atom stereocenters. The van der Waals surface area contributed by atoms with Gasteiger partial charge in [0, 0.05) is 19.3 Å². The summed E-state index contributed by atoms with van der Waals surface area (Å²) in [6.45, 7) is 0.326. The van der Waals surface area contributed by atoms with E-state index in [0.29, 0.717) is 24.2 Å². The van der Waals surface area contributed by atoms with Gasteiger partial charge in [-0.05, 0) is 25.0 Å². The molecule has 1 aliphatic rings. The molecular formula is C13H17FN4. The molecule has 1 aliphatic carbocycles. The van der Waals surface area contributed by atoms with Crippen LogP contribution in [0.15, 0.2) is 35.5 Å². The summed E-state index contributed by atoms with van der Waals surface area (Å²) < 4.78 is 13.4. The Balaban J connectivity index is 1.86. The molecule has 96 valence electrons. The summed E-state index contributed by atoms with van der Waals surface area (Å²) >= 11 is 0. The van der Waals surface area contributed by atoms with Gasteiger partial charge in [-0.3, -0.25) is 9.98 Å². The number of halogens is 1. The van der Waals surface area contributed by atoms with Gasteiger partial charge in [-0.25, -0.2) is 4.39 Å². The molecule has 0 saturated heterocycles. The van der Waals surface area contributed by atoms with E-state index in [4.69, 9.17) is 0 Å². The van der Waals surface area contributed by atoms with Crippen LogP contribution in [-0.2, 0) is 6.54 Å². The Morgan fingerprint density at radius 1 is 1.50 bits per heavy atom. The minimum Gasteiger partial charge on any atom is -0.353 e. The van der Waals surface area contributed by atoms with Crippen LogP contribution in [0.4, 0.5) is 4.39 Å². The quantitative estimate of drug-likeness (QED) is 0.485. The van der Waals surface area contributed by atoms with Crippen molar-refractivity contribution in [3.05, 3.63) is 42.0 Å². The second-order valence-electron chi connectivity index (χ2n) is 4.14. The first-order valence-corrected chi connectivity index (χ1v) is 6.01. The Hall–Kier alpha value is -1.91. The number of pyridine rings is 1. The van der Waals surface area contributed by atoms with Gasteiger partial charge < -0.3 is 10.6 Å². The molecule has 1 aromatic rings. The number of nitrogens with zero attached hydrogens (tertiary/aromatic N) is 2. The van der Waals surface area contributed by atoms with Crippen LogP contribution < -0.4 is 10.6 Å². The van der Waals surface area contributed by atoms with Gasteiger partial charge in [-0.2, -0.15) is 0 Å². The zero-order valence-electron chi connectivity index (χ0n) is 10.4. The molecule has 4 nitrogen and oxygen atoms in total. The molecule has 5 heteroatoms. The van der Waals surface area contributed by atoms with Gasteiger partial charge in [0.15, 0.2) is 5.96 Å². The van der Waals surface area contributed by atoms with E-state index in [2.05, 4.69) is 32.8 Å². The first-order chi connectivity index (χ1) is 8.79. The van der Waals surface area contributed by atoms with E-state index in [1.807, 2.05) is 0 Å². The van der Waals surface area contributed by atoms with Gasteiger partial charge >= 0.3 is 0 Å². The normalized spacial score (nSPS) is 16.0. The van der Waals surface area contributed by atoms with Crippen molar-refractivity contribution in [2.45, 2.75) is 25.4 Å². The fourth-order valence-corrected chi connectivity index (χ4v) is 1.84. The van der Waals surface area contributed by atoms with Crippen molar-refractivity contribution in [2.24, 2.45) is 4.99 Å². The average Bonchev–Trinajstić information content (AvgIpc) is 2.89. The van der Waals surface area contributed by atoms with Crippen LogP contribution in [0.3, 0.4) is 0 Å². The van der Waals surface area contributed by atoms with E-state index in [9.17, 15) is 4.39 Å². The lowest BCUT2D eigenvalue weighted by molar-refractivity contribution is 0.587. The van der Waals surface area contributed by atoms with Crippen LogP contribution in [0, 0.1) is 5.82 Å². The number of hydrogen-bond donors (Lipinski definition) is 2. The number of guanidine groups is 1. The third kappa shape index (κ3) is 3.29. The van der Waals surface area contributed by atoms with Gasteiger partial charge in [0.1, 0.15) is 5.82 Å². The summed E-state index contributed by atoms with van der Waals surface area (Å²) in [5.41, 5.74) is 0.394. The highest BCUT2D eigenvalue weighted by molar-refractivity contribution is 5.80. The SMILES string of the molecule is CN=C(NCc1ncccc1F)NC1CC=CC1. The van der Waals surface area contributed by atoms with Gasteiger partial charge in [-0.1, -0.05) is 12.2 Å². The highest BCUT2D eigenvalue weighted by Gasteiger charge is 2.12. The summed E-state index contributed by atoms with van der Waals surface area (Å²) in [5, 5.41) is 6.34. The maximum absolute atomic E-state index is 13.4. The van der Waals surface area contributed by atoms with Gasteiger partial charge in [0.2, 0.25) is 0 Å². The maximum Gasteiger partial charge on any atom is 0.191 e. The fraction of sp³-hybridized carbons (Fsp3) is 0.385. The van der Waals surface area contributed by atoms with Crippen molar-refractivity contribution in [1.82, 2.24) is 15.6 Å². The molecule has 1 aromatic heterocycles. The van der Waals surface area contributed by atoms with Crippen molar-refractivity contribution in [3.63, 3.8) is 0 Å². The second-order valence-corrected chi connectivity index (χ2v) is 4.14. The molecule has 2 N–H and O–H groups in total. The maximum atomic E-state index is 13.4. The molecule has 0 fully saturated rings. The van der Waals surface area contributed by atoms with Crippen molar-refractivity contribution < 1.29 is 4.39 Å². The number of rotatable bonds is 3. The topological polar surface area (TPSA) is 49.3 Å². The molecular weight excluding hydrogens is 231 g/mol. The number of nitrogens with one attached hydrogen (secondary N) is 2. The van der Waals surface area contributed by atoms with E-state index < -0.39 is 0 Å². The smallest absolute Gasteiger partial charge is 0.191 e. The molecule has 0 aromatic carbocycles. The zero-order chi connectivity index (χ0) is 12.8. The lowest BCUT2D eigenvalue weighted by atomic mass is 10.2. The van der Waals surface area contributed by atoms with Gasteiger partial charge in [0.25, 0.3) is 0 Å². The highest BCUT2D eigenvalue weighted by Crippen LogP contribution is 2.08. The largest absolute Gasteiger partial charge is 0.353 e.